The maximum Gasteiger partial charge on any atom is 0.186 e. The van der Waals surface area contributed by atoms with Gasteiger partial charge in [0.05, 0.1) is 9.92 Å². The number of fused-ring (bicyclic) bond motifs is 3. The average Bonchev–Trinajstić information content (AvgIpc) is 2.62. The van der Waals surface area contributed by atoms with Gasteiger partial charge in [0.2, 0.25) is 0 Å². The SMILES string of the molecule is [B]C1(Br)CCc2c([nH]c3ccc(F)cc23)C1=O. The summed E-state index contributed by atoms with van der Waals surface area (Å²) in [5.41, 5.74) is 2.14. The van der Waals surface area contributed by atoms with Crippen molar-refractivity contribution in [2.75, 3.05) is 0 Å². The number of hydrogen-bond acceptors (Lipinski definition) is 1. The summed E-state index contributed by atoms with van der Waals surface area (Å²) in [6, 6.07) is 4.47. The maximum atomic E-state index is 13.2. The van der Waals surface area contributed by atoms with Crippen molar-refractivity contribution in [3.05, 3.63) is 35.3 Å². The molecule has 84 valence electrons. The number of alkyl halides is 1. The fraction of sp³-hybridized carbons (Fsp3) is 0.250. The van der Waals surface area contributed by atoms with Gasteiger partial charge in [-0.3, -0.25) is 4.79 Å². The topological polar surface area (TPSA) is 32.9 Å². The number of aromatic nitrogens is 1. The lowest BCUT2D eigenvalue weighted by atomic mass is 9.73. The zero-order valence-corrected chi connectivity index (χ0v) is 10.5. The Bertz CT molecular complexity index is 635. The summed E-state index contributed by atoms with van der Waals surface area (Å²) in [4.78, 5) is 15.1. The molecular formula is C12H8BBrFNO. The number of carbonyl (C=O) groups excluding carboxylic acids is 1. The molecule has 1 atom stereocenters. The molecule has 0 spiro atoms. The quantitative estimate of drug-likeness (QED) is 0.587. The first-order valence-corrected chi connectivity index (χ1v) is 6.11. The molecule has 0 amide bonds. The third-order valence-electron chi connectivity index (χ3n) is 3.21. The van der Waals surface area contributed by atoms with Crippen molar-refractivity contribution in [1.82, 2.24) is 4.98 Å². The molecule has 0 fully saturated rings. The molecule has 1 aromatic carbocycles. The predicted molar refractivity (Wildman–Crippen MR) is 68.3 cm³/mol. The van der Waals surface area contributed by atoms with Gasteiger partial charge in [-0.25, -0.2) is 4.39 Å². The van der Waals surface area contributed by atoms with E-state index in [-0.39, 0.29) is 11.6 Å². The smallest absolute Gasteiger partial charge is 0.186 e. The number of Topliss-reactive ketones (excluding diaryl/α,β-unsaturated/α-hetero) is 1. The summed E-state index contributed by atoms with van der Waals surface area (Å²) >= 11 is 3.23. The second-order valence-corrected chi connectivity index (χ2v) is 5.78. The van der Waals surface area contributed by atoms with E-state index in [0.29, 0.717) is 18.5 Å². The molecular weight excluding hydrogens is 284 g/mol. The van der Waals surface area contributed by atoms with Gasteiger partial charge in [-0.2, -0.15) is 0 Å². The Balaban J connectivity index is 2.29. The van der Waals surface area contributed by atoms with Crippen LogP contribution in [0.4, 0.5) is 4.39 Å². The van der Waals surface area contributed by atoms with E-state index in [9.17, 15) is 9.18 Å². The third kappa shape index (κ3) is 1.56. The normalized spacial score (nSPS) is 24.0. The van der Waals surface area contributed by atoms with Gasteiger partial charge in [0, 0.05) is 10.9 Å². The molecule has 3 rings (SSSR count). The van der Waals surface area contributed by atoms with Crippen LogP contribution in [0.1, 0.15) is 22.5 Å². The van der Waals surface area contributed by atoms with Crippen LogP contribution in [0.2, 0.25) is 0 Å². The zero-order valence-electron chi connectivity index (χ0n) is 8.89. The van der Waals surface area contributed by atoms with Crippen LogP contribution in [-0.2, 0) is 6.42 Å². The van der Waals surface area contributed by atoms with Crippen LogP contribution in [0.25, 0.3) is 10.9 Å². The van der Waals surface area contributed by atoms with Crippen LogP contribution >= 0.6 is 15.9 Å². The van der Waals surface area contributed by atoms with E-state index >= 15 is 0 Å². The Morgan fingerprint density at radius 1 is 1.47 bits per heavy atom. The molecule has 2 aromatic rings. The summed E-state index contributed by atoms with van der Waals surface area (Å²) < 4.78 is 12.2. The lowest BCUT2D eigenvalue weighted by Gasteiger charge is -2.26. The number of aromatic amines is 1. The molecule has 1 N–H and O–H groups in total. The standard InChI is InChI=1S/C12H8BBrFNO/c13-12(14)4-3-7-8-5-6(15)1-2-9(8)16-10(7)11(12)17/h1-2,5,16H,3-4H2. The van der Waals surface area contributed by atoms with Gasteiger partial charge in [-0.05, 0) is 36.6 Å². The monoisotopic (exact) mass is 291 g/mol. The molecule has 1 aromatic heterocycles. The number of rotatable bonds is 0. The number of nitrogens with one attached hydrogen (secondary N) is 1. The van der Waals surface area contributed by atoms with Crippen molar-refractivity contribution in [3.8, 4) is 0 Å². The highest BCUT2D eigenvalue weighted by Gasteiger charge is 2.37. The minimum Gasteiger partial charge on any atom is -0.352 e. The average molecular weight is 292 g/mol. The number of ketones is 1. The fourth-order valence-corrected chi connectivity index (χ4v) is 2.70. The van der Waals surface area contributed by atoms with Crippen LogP contribution in [0.15, 0.2) is 18.2 Å². The molecule has 2 nitrogen and oxygen atoms in total. The zero-order chi connectivity index (χ0) is 12.2. The lowest BCUT2D eigenvalue weighted by Crippen LogP contribution is -2.37. The number of aryl methyl sites for hydroxylation is 1. The number of carbonyl (C=O) groups is 1. The van der Waals surface area contributed by atoms with Crippen LogP contribution in [0.5, 0.6) is 0 Å². The molecule has 0 saturated heterocycles. The van der Waals surface area contributed by atoms with Gasteiger partial charge in [-0.1, -0.05) is 15.9 Å². The Labute approximate surface area is 107 Å². The van der Waals surface area contributed by atoms with Gasteiger partial charge >= 0.3 is 0 Å². The predicted octanol–water partition coefficient (Wildman–Crippen LogP) is 2.70. The van der Waals surface area contributed by atoms with Crippen molar-refractivity contribution in [2.24, 2.45) is 0 Å². The highest BCUT2D eigenvalue weighted by Crippen LogP contribution is 2.36. The van der Waals surface area contributed by atoms with Gasteiger partial charge in [0.15, 0.2) is 5.78 Å². The summed E-state index contributed by atoms with van der Waals surface area (Å²) in [6.07, 6.45) is 1.18. The maximum absolute atomic E-state index is 13.2. The molecule has 0 aliphatic heterocycles. The van der Waals surface area contributed by atoms with Gasteiger partial charge in [0.1, 0.15) is 13.7 Å². The fourth-order valence-electron chi connectivity index (χ4n) is 2.30. The second-order valence-electron chi connectivity index (χ2n) is 4.36. The van der Waals surface area contributed by atoms with Crippen LogP contribution in [-0.4, -0.2) is 22.8 Å². The molecule has 2 radical (unpaired) electrons. The largest absolute Gasteiger partial charge is 0.352 e. The minimum absolute atomic E-state index is 0.171. The highest BCUT2D eigenvalue weighted by molar-refractivity contribution is 9.10. The molecule has 5 heteroatoms. The van der Waals surface area contributed by atoms with Gasteiger partial charge in [0.25, 0.3) is 0 Å². The molecule has 1 heterocycles. The number of benzene rings is 1. The Morgan fingerprint density at radius 2 is 2.24 bits per heavy atom. The second kappa shape index (κ2) is 3.45. The van der Waals surface area contributed by atoms with E-state index < -0.39 is 4.22 Å². The van der Waals surface area contributed by atoms with Crippen LogP contribution in [0, 0.1) is 5.82 Å². The molecule has 1 unspecified atom stereocenters. The van der Waals surface area contributed by atoms with Crippen molar-refractivity contribution in [2.45, 2.75) is 17.1 Å². The minimum atomic E-state index is -1.00. The summed E-state index contributed by atoms with van der Waals surface area (Å²) in [6.45, 7) is 0. The summed E-state index contributed by atoms with van der Waals surface area (Å²) in [7, 11) is 5.86. The Kier molecular flexibility index (Phi) is 2.24. The molecule has 0 bridgehead atoms. The number of halogens is 2. The van der Waals surface area contributed by atoms with Crippen LogP contribution < -0.4 is 0 Å². The van der Waals surface area contributed by atoms with Gasteiger partial charge < -0.3 is 4.98 Å². The van der Waals surface area contributed by atoms with E-state index in [1.807, 2.05) is 0 Å². The number of hydrogen-bond donors (Lipinski definition) is 1. The lowest BCUT2D eigenvalue weighted by molar-refractivity contribution is 0.0962. The van der Waals surface area contributed by atoms with E-state index in [4.69, 9.17) is 7.85 Å². The van der Waals surface area contributed by atoms with Crippen molar-refractivity contribution < 1.29 is 9.18 Å². The molecule has 1 aliphatic carbocycles. The summed E-state index contributed by atoms with van der Waals surface area (Å²) in [5.74, 6) is -0.467. The van der Waals surface area contributed by atoms with E-state index in [2.05, 4.69) is 20.9 Å². The van der Waals surface area contributed by atoms with E-state index in [0.717, 1.165) is 16.5 Å². The van der Waals surface area contributed by atoms with Crippen molar-refractivity contribution in [3.63, 3.8) is 0 Å². The first-order valence-electron chi connectivity index (χ1n) is 5.32. The highest BCUT2D eigenvalue weighted by atomic mass is 79.9. The van der Waals surface area contributed by atoms with Crippen LogP contribution in [0.3, 0.4) is 0 Å². The molecule has 1 aliphatic rings. The Hall–Kier alpha value is -1.10. The first-order chi connectivity index (χ1) is 7.99. The van der Waals surface area contributed by atoms with E-state index in [1.54, 1.807) is 6.07 Å². The Morgan fingerprint density at radius 3 is 3.00 bits per heavy atom. The van der Waals surface area contributed by atoms with Gasteiger partial charge in [-0.15, -0.1) is 0 Å². The number of H-pyrrole nitrogens is 1. The first kappa shape index (κ1) is 11.0. The van der Waals surface area contributed by atoms with Crippen molar-refractivity contribution >= 4 is 40.5 Å². The molecule has 17 heavy (non-hydrogen) atoms. The van der Waals surface area contributed by atoms with E-state index in [1.165, 1.54) is 12.1 Å². The summed E-state index contributed by atoms with van der Waals surface area (Å²) in [5, 5.41) is 0.774. The van der Waals surface area contributed by atoms with Crippen molar-refractivity contribution in [1.29, 1.82) is 0 Å². The molecule has 0 saturated carbocycles. The third-order valence-corrected chi connectivity index (χ3v) is 3.97.